The number of nitrogens with one attached hydrogen (secondary N) is 2. The van der Waals surface area contributed by atoms with Gasteiger partial charge < -0.3 is 15.5 Å². The maximum absolute atomic E-state index is 12.9. The quantitative estimate of drug-likeness (QED) is 0.521. The Kier molecular flexibility index (Phi) is 6.36. The summed E-state index contributed by atoms with van der Waals surface area (Å²) >= 11 is 0. The van der Waals surface area contributed by atoms with Gasteiger partial charge >= 0.3 is 0 Å². The van der Waals surface area contributed by atoms with Gasteiger partial charge in [-0.1, -0.05) is 30.3 Å². The SMILES string of the molecule is CC(=O)c1ccc(-c2cc(NC3CCN(C(=O)C4=CC=C(C)NC4)CC3)c3cnccc3c2)cc1. The number of likely N-dealkylation sites (tertiary alicyclic amines) is 1. The first-order valence-electron chi connectivity index (χ1n) is 12.1. The van der Waals surface area contributed by atoms with Crippen LogP contribution in [0.15, 0.2) is 78.3 Å². The van der Waals surface area contributed by atoms with Gasteiger partial charge in [-0.3, -0.25) is 14.6 Å². The van der Waals surface area contributed by atoms with Crippen LogP contribution in [0, 0.1) is 0 Å². The van der Waals surface area contributed by atoms with Gasteiger partial charge in [-0.2, -0.15) is 0 Å². The van der Waals surface area contributed by atoms with Crippen molar-refractivity contribution in [3.05, 3.63) is 83.8 Å². The molecule has 0 aliphatic carbocycles. The van der Waals surface area contributed by atoms with Gasteiger partial charge in [0.15, 0.2) is 5.78 Å². The fourth-order valence-corrected chi connectivity index (χ4v) is 4.76. The van der Waals surface area contributed by atoms with E-state index in [4.69, 9.17) is 0 Å². The fraction of sp³-hybridized carbons (Fsp3) is 0.276. The second-order valence-electron chi connectivity index (χ2n) is 9.36. The number of carbonyl (C=O) groups excluding carboxylic acids is 2. The lowest BCUT2D eigenvalue weighted by Crippen LogP contribution is -2.44. The molecule has 5 rings (SSSR count). The lowest BCUT2D eigenvalue weighted by atomic mass is 9.97. The Bertz CT molecular complexity index is 1330. The first-order chi connectivity index (χ1) is 17.0. The zero-order valence-corrected chi connectivity index (χ0v) is 20.2. The summed E-state index contributed by atoms with van der Waals surface area (Å²) in [5, 5.41) is 9.18. The normalized spacial score (nSPS) is 16.3. The van der Waals surface area contributed by atoms with Crippen molar-refractivity contribution in [2.45, 2.75) is 32.7 Å². The number of dihydropyridines is 1. The second-order valence-corrected chi connectivity index (χ2v) is 9.36. The summed E-state index contributed by atoms with van der Waals surface area (Å²) in [6, 6.07) is 14.4. The van der Waals surface area contributed by atoms with Gasteiger partial charge in [0, 0.05) is 66.0 Å². The molecule has 3 aromatic rings. The molecule has 2 N–H and O–H groups in total. The molecule has 1 amide bonds. The van der Waals surface area contributed by atoms with Crippen LogP contribution in [0.3, 0.4) is 0 Å². The Hall–Kier alpha value is -3.93. The lowest BCUT2D eigenvalue weighted by molar-refractivity contribution is -0.128. The van der Waals surface area contributed by atoms with E-state index in [0.29, 0.717) is 12.1 Å². The monoisotopic (exact) mass is 466 g/mol. The number of rotatable bonds is 5. The molecule has 1 aromatic heterocycles. The van der Waals surface area contributed by atoms with Gasteiger partial charge in [0.05, 0.1) is 0 Å². The largest absolute Gasteiger partial charge is 0.384 e. The summed E-state index contributed by atoms with van der Waals surface area (Å²) < 4.78 is 0. The Morgan fingerprint density at radius 1 is 1.03 bits per heavy atom. The molecule has 0 saturated carbocycles. The smallest absolute Gasteiger partial charge is 0.251 e. The maximum atomic E-state index is 12.9. The van der Waals surface area contributed by atoms with E-state index in [1.54, 1.807) is 6.92 Å². The molecule has 3 heterocycles. The molecule has 0 radical (unpaired) electrons. The number of ketones is 1. The molecule has 0 atom stereocenters. The van der Waals surface area contributed by atoms with Crippen LogP contribution in [-0.2, 0) is 4.79 Å². The standard InChI is InChI=1S/C29H30N4O2/c1-19-3-4-24(17-31-19)29(35)33-13-10-26(11-14-33)32-28-16-25(15-23-9-12-30-18-27(23)28)22-7-5-21(6-8-22)20(2)34/h3-9,12,15-16,18,26,31-32H,10-11,13-14,17H2,1-2H3. The molecule has 6 nitrogen and oxygen atoms in total. The van der Waals surface area contributed by atoms with Crippen LogP contribution in [0.5, 0.6) is 0 Å². The minimum Gasteiger partial charge on any atom is -0.384 e. The van der Waals surface area contributed by atoms with Crippen LogP contribution in [0.25, 0.3) is 21.9 Å². The van der Waals surface area contributed by atoms with Crippen LogP contribution < -0.4 is 10.6 Å². The number of pyridine rings is 1. The summed E-state index contributed by atoms with van der Waals surface area (Å²) in [6.45, 7) is 5.65. The van der Waals surface area contributed by atoms with Crippen molar-refractivity contribution >= 4 is 28.2 Å². The number of Topliss-reactive ketones (excluding diaryl/α,β-unsaturated/α-hetero) is 1. The highest BCUT2D eigenvalue weighted by Gasteiger charge is 2.25. The molecule has 0 unspecified atom stereocenters. The van der Waals surface area contributed by atoms with E-state index in [-0.39, 0.29) is 17.7 Å². The highest BCUT2D eigenvalue weighted by Crippen LogP contribution is 2.32. The van der Waals surface area contributed by atoms with Gasteiger partial charge in [0.1, 0.15) is 0 Å². The number of aromatic nitrogens is 1. The molecule has 2 aliphatic heterocycles. The van der Waals surface area contributed by atoms with E-state index in [1.165, 1.54) is 0 Å². The van der Waals surface area contributed by atoms with E-state index in [1.807, 2.05) is 66.7 Å². The van der Waals surface area contributed by atoms with Crippen molar-refractivity contribution in [1.82, 2.24) is 15.2 Å². The lowest BCUT2D eigenvalue weighted by Gasteiger charge is -2.34. The van der Waals surface area contributed by atoms with Crippen molar-refractivity contribution in [2.75, 3.05) is 25.0 Å². The summed E-state index contributed by atoms with van der Waals surface area (Å²) in [4.78, 5) is 30.9. The molecule has 0 spiro atoms. The molecule has 0 bridgehead atoms. The number of allylic oxidation sites excluding steroid dienone is 3. The maximum Gasteiger partial charge on any atom is 0.251 e. The van der Waals surface area contributed by atoms with Gasteiger partial charge in [0.25, 0.3) is 5.91 Å². The number of hydrogen-bond donors (Lipinski definition) is 2. The van der Waals surface area contributed by atoms with E-state index < -0.39 is 0 Å². The molecular weight excluding hydrogens is 436 g/mol. The van der Waals surface area contributed by atoms with Crippen LogP contribution in [0.4, 0.5) is 5.69 Å². The Morgan fingerprint density at radius 2 is 1.80 bits per heavy atom. The summed E-state index contributed by atoms with van der Waals surface area (Å²) in [5.74, 6) is 0.196. The number of fused-ring (bicyclic) bond motifs is 1. The van der Waals surface area contributed by atoms with Crippen LogP contribution in [-0.4, -0.2) is 47.3 Å². The van der Waals surface area contributed by atoms with Crippen LogP contribution in [0.2, 0.25) is 0 Å². The average molecular weight is 467 g/mol. The molecular formula is C29H30N4O2. The van der Waals surface area contributed by atoms with Gasteiger partial charge in [-0.25, -0.2) is 0 Å². The number of hydrogen-bond acceptors (Lipinski definition) is 5. The molecule has 2 aromatic carbocycles. The molecule has 2 aliphatic rings. The zero-order chi connectivity index (χ0) is 24.4. The molecule has 1 saturated heterocycles. The zero-order valence-electron chi connectivity index (χ0n) is 20.2. The number of amides is 1. The predicted octanol–water partition coefficient (Wildman–Crippen LogP) is 4.94. The number of benzene rings is 2. The molecule has 1 fully saturated rings. The van der Waals surface area contributed by atoms with Crippen molar-refractivity contribution in [3.8, 4) is 11.1 Å². The fourth-order valence-electron chi connectivity index (χ4n) is 4.76. The van der Waals surface area contributed by atoms with Crippen molar-refractivity contribution in [3.63, 3.8) is 0 Å². The summed E-state index contributed by atoms with van der Waals surface area (Å²) in [7, 11) is 0. The highest BCUT2D eigenvalue weighted by molar-refractivity contribution is 5.98. The van der Waals surface area contributed by atoms with Crippen molar-refractivity contribution in [2.24, 2.45) is 0 Å². The van der Waals surface area contributed by atoms with Gasteiger partial charge in [-0.05, 0) is 67.5 Å². The minimum atomic E-state index is 0.0657. The highest BCUT2D eigenvalue weighted by atomic mass is 16.2. The first-order valence-corrected chi connectivity index (χ1v) is 12.1. The number of nitrogens with zero attached hydrogens (tertiary/aromatic N) is 2. The molecule has 178 valence electrons. The third-order valence-corrected chi connectivity index (χ3v) is 6.89. The number of piperidine rings is 1. The molecule has 6 heteroatoms. The third kappa shape index (κ3) is 4.97. The Balaban J connectivity index is 1.33. The second kappa shape index (κ2) is 9.74. The summed E-state index contributed by atoms with van der Waals surface area (Å²) in [6.07, 6.45) is 9.39. The van der Waals surface area contributed by atoms with Crippen LogP contribution >= 0.6 is 0 Å². The van der Waals surface area contributed by atoms with Crippen molar-refractivity contribution < 1.29 is 9.59 Å². The van der Waals surface area contributed by atoms with Crippen molar-refractivity contribution in [1.29, 1.82) is 0 Å². The Labute approximate surface area is 205 Å². The van der Waals surface area contributed by atoms with E-state index >= 15 is 0 Å². The van der Waals surface area contributed by atoms with Crippen LogP contribution in [0.1, 0.15) is 37.0 Å². The topological polar surface area (TPSA) is 74.3 Å². The number of carbonyl (C=O) groups is 2. The summed E-state index contributed by atoms with van der Waals surface area (Å²) in [5.41, 5.74) is 5.82. The molecule has 35 heavy (non-hydrogen) atoms. The van der Waals surface area contributed by atoms with E-state index in [2.05, 4.69) is 27.8 Å². The Morgan fingerprint density at radius 3 is 2.49 bits per heavy atom. The first kappa shape index (κ1) is 22.8. The third-order valence-electron chi connectivity index (χ3n) is 6.89. The van der Waals surface area contributed by atoms with Gasteiger partial charge in [-0.15, -0.1) is 0 Å². The van der Waals surface area contributed by atoms with E-state index in [0.717, 1.165) is 64.8 Å². The van der Waals surface area contributed by atoms with Gasteiger partial charge in [0.2, 0.25) is 0 Å². The van der Waals surface area contributed by atoms with E-state index in [9.17, 15) is 9.59 Å². The minimum absolute atomic E-state index is 0.0657. The average Bonchev–Trinajstić information content (AvgIpc) is 2.89. The number of anilines is 1. The predicted molar refractivity (Wildman–Crippen MR) is 140 cm³/mol.